The Kier molecular flexibility index (Phi) is 4.18. The molecule has 3 aromatic rings. The van der Waals surface area contributed by atoms with Crippen LogP contribution in [0.25, 0.3) is 0 Å². The van der Waals surface area contributed by atoms with Crippen LogP contribution in [0.5, 0.6) is 0 Å². The number of hydrogen-bond acceptors (Lipinski definition) is 6. The van der Waals surface area contributed by atoms with Crippen LogP contribution >= 0.6 is 0 Å². The predicted molar refractivity (Wildman–Crippen MR) is 95.0 cm³/mol. The quantitative estimate of drug-likeness (QED) is 0.731. The molecule has 1 atom stereocenters. The number of ether oxygens (including phenoxy) is 1. The minimum absolute atomic E-state index is 0.209. The molecule has 2 aromatic carbocycles. The summed E-state index contributed by atoms with van der Waals surface area (Å²) in [5.74, 6) is 0.102. The molecular weight excluding hydrogens is 330 g/mol. The Morgan fingerprint density at radius 3 is 2.54 bits per heavy atom. The van der Waals surface area contributed by atoms with Crippen LogP contribution in [0.2, 0.25) is 0 Å². The SMILES string of the molecule is CC1=C(C(=O)OCc2ccccc2)C(c2ccccc2)n2nnnc2N1. The summed E-state index contributed by atoms with van der Waals surface area (Å²) in [6.07, 6.45) is 0. The number of allylic oxidation sites excluding steroid dienone is 1. The second kappa shape index (κ2) is 6.79. The number of carbonyl (C=O) groups is 1. The van der Waals surface area contributed by atoms with Gasteiger partial charge in [-0.05, 0) is 28.5 Å². The molecule has 4 rings (SSSR count). The van der Waals surface area contributed by atoms with Crippen LogP contribution in [0.3, 0.4) is 0 Å². The number of tetrazole rings is 1. The third-order valence-electron chi connectivity index (χ3n) is 4.26. The van der Waals surface area contributed by atoms with Gasteiger partial charge in [0.15, 0.2) is 0 Å². The van der Waals surface area contributed by atoms with Crippen LogP contribution in [0, 0.1) is 0 Å². The molecule has 0 spiro atoms. The van der Waals surface area contributed by atoms with Gasteiger partial charge in [0, 0.05) is 5.70 Å². The van der Waals surface area contributed by atoms with Gasteiger partial charge in [-0.2, -0.15) is 4.68 Å². The van der Waals surface area contributed by atoms with E-state index in [2.05, 4.69) is 20.8 Å². The van der Waals surface area contributed by atoms with Gasteiger partial charge >= 0.3 is 5.97 Å². The lowest BCUT2D eigenvalue weighted by molar-refractivity contribution is -0.140. The number of benzene rings is 2. The molecule has 0 saturated heterocycles. The van der Waals surface area contributed by atoms with Crippen molar-refractivity contribution in [1.29, 1.82) is 0 Å². The highest BCUT2D eigenvalue weighted by atomic mass is 16.5. The maximum absolute atomic E-state index is 12.9. The number of esters is 1. The van der Waals surface area contributed by atoms with Crippen LogP contribution in [-0.4, -0.2) is 26.2 Å². The fourth-order valence-corrected chi connectivity index (χ4v) is 3.02. The van der Waals surface area contributed by atoms with Crippen molar-refractivity contribution in [3.63, 3.8) is 0 Å². The Hall–Kier alpha value is -3.48. The molecule has 0 saturated carbocycles. The maximum atomic E-state index is 12.9. The third-order valence-corrected chi connectivity index (χ3v) is 4.26. The molecule has 0 aliphatic carbocycles. The lowest BCUT2D eigenvalue weighted by Gasteiger charge is -2.27. The minimum atomic E-state index is -0.439. The van der Waals surface area contributed by atoms with Crippen molar-refractivity contribution in [2.24, 2.45) is 0 Å². The van der Waals surface area contributed by atoms with Crippen LogP contribution < -0.4 is 5.32 Å². The van der Waals surface area contributed by atoms with Gasteiger partial charge in [-0.3, -0.25) is 0 Å². The molecule has 1 aliphatic rings. The van der Waals surface area contributed by atoms with E-state index in [1.165, 1.54) is 0 Å². The second-order valence-electron chi connectivity index (χ2n) is 5.99. The fourth-order valence-electron chi connectivity index (χ4n) is 3.02. The van der Waals surface area contributed by atoms with E-state index in [9.17, 15) is 4.79 Å². The zero-order valence-electron chi connectivity index (χ0n) is 14.2. The van der Waals surface area contributed by atoms with Crippen molar-refractivity contribution < 1.29 is 9.53 Å². The molecule has 0 fully saturated rings. The van der Waals surface area contributed by atoms with Gasteiger partial charge < -0.3 is 10.1 Å². The molecule has 1 aliphatic heterocycles. The molecule has 1 unspecified atom stereocenters. The molecule has 2 heterocycles. The standard InChI is InChI=1S/C19H17N5O2/c1-13-16(18(25)26-12-14-8-4-2-5-9-14)17(15-10-6-3-7-11-15)24-19(20-13)21-22-23-24/h2-11,17H,12H2,1H3,(H,20,21,23). The van der Waals surface area contributed by atoms with Crippen LogP contribution in [0.1, 0.15) is 24.1 Å². The molecular formula is C19H17N5O2. The first kappa shape index (κ1) is 16.0. The van der Waals surface area contributed by atoms with E-state index in [0.29, 0.717) is 17.2 Å². The van der Waals surface area contributed by atoms with E-state index in [0.717, 1.165) is 11.1 Å². The zero-order valence-corrected chi connectivity index (χ0v) is 14.2. The molecule has 0 bridgehead atoms. The van der Waals surface area contributed by atoms with Gasteiger partial charge in [-0.15, -0.1) is 0 Å². The number of nitrogens with zero attached hydrogens (tertiary/aromatic N) is 4. The Morgan fingerprint density at radius 1 is 1.12 bits per heavy atom. The minimum Gasteiger partial charge on any atom is -0.457 e. The average Bonchev–Trinajstić information content (AvgIpc) is 3.14. The van der Waals surface area contributed by atoms with Crippen molar-refractivity contribution in [3.8, 4) is 0 Å². The summed E-state index contributed by atoms with van der Waals surface area (Å²) in [5.41, 5.74) is 3.02. The molecule has 0 amide bonds. The van der Waals surface area contributed by atoms with E-state index >= 15 is 0 Å². The van der Waals surface area contributed by atoms with E-state index in [1.807, 2.05) is 67.6 Å². The number of anilines is 1. The second-order valence-corrected chi connectivity index (χ2v) is 5.99. The number of rotatable bonds is 4. The summed E-state index contributed by atoms with van der Waals surface area (Å²) in [5, 5.41) is 14.8. The van der Waals surface area contributed by atoms with Crippen molar-refractivity contribution in [3.05, 3.63) is 83.1 Å². The monoisotopic (exact) mass is 347 g/mol. The van der Waals surface area contributed by atoms with Gasteiger partial charge in [0.2, 0.25) is 5.95 Å². The predicted octanol–water partition coefficient (Wildman–Crippen LogP) is 2.71. The normalized spacial score (nSPS) is 16.0. The van der Waals surface area contributed by atoms with Crippen LogP contribution in [0.15, 0.2) is 71.9 Å². The Bertz CT molecular complexity index is 950. The highest BCUT2D eigenvalue weighted by molar-refractivity contribution is 5.92. The molecule has 0 radical (unpaired) electrons. The number of nitrogens with one attached hydrogen (secondary N) is 1. The third kappa shape index (κ3) is 2.95. The molecule has 7 heteroatoms. The van der Waals surface area contributed by atoms with E-state index in [-0.39, 0.29) is 6.61 Å². The number of carbonyl (C=O) groups excluding carboxylic acids is 1. The van der Waals surface area contributed by atoms with E-state index in [1.54, 1.807) is 4.68 Å². The van der Waals surface area contributed by atoms with E-state index < -0.39 is 12.0 Å². The summed E-state index contributed by atoms with van der Waals surface area (Å²) in [7, 11) is 0. The zero-order chi connectivity index (χ0) is 17.9. The highest BCUT2D eigenvalue weighted by Gasteiger charge is 2.34. The molecule has 1 aromatic heterocycles. The van der Waals surface area contributed by atoms with Gasteiger partial charge in [0.25, 0.3) is 0 Å². The maximum Gasteiger partial charge on any atom is 0.338 e. The first-order valence-electron chi connectivity index (χ1n) is 8.25. The van der Waals surface area contributed by atoms with Crippen LogP contribution in [0.4, 0.5) is 5.95 Å². The van der Waals surface area contributed by atoms with Gasteiger partial charge in [0.1, 0.15) is 12.6 Å². The van der Waals surface area contributed by atoms with Gasteiger partial charge in [-0.25, -0.2) is 4.79 Å². The number of aromatic nitrogens is 4. The molecule has 7 nitrogen and oxygen atoms in total. The molecule has 1 N–H and O–H groups in total. The summed E-state index contributed by atoms with van der Waals surface area (Å²) >= 11 is 0. The first-order chi connectivity index (χ1) is 12.7. The largest absolute Gasteiger partial charge is 0.457 e. The van der Waals surface area contributed by atoms with Crippen molar-refractivity contribution in [2.45, 2.75) is 19.6 Å². The lowest BCUT2D eigenvalue weighted by Crippen LogP contribution is -2.29. The molecule has 130 valence electrons. The number of hydrogen-bond donors (Lipinski definition) is 1. The van der Waals surface area contributed by atoms with Gasteiger partial charge in [-0.1, -0.05) is 65.8 Å². The van der Waals surface area contributed by atoms with Crippen LogP contribution in [-0.2, 0) is 16.1 Å². The Labute approximate surface area is 150 Å². The first-order valence-corrected chi connectivity index (χ1v) is 8.25. The summed E-state index contributed by atoms with van der Waals surface area (Å²) in [6, 6.07) is 18.8. The fraction of sp³-hybridized carbons (Fsp3) is 0.158. The summed E-state index contributed by atoms with van der Waals surface area (Å²) in [4.78, 5) is 12.9. The molecule has 26 heavy (non-hydrogen) atoms. The van der Waals surface area contributed by atoms with Crippen molar-refractivity contribution in [2.75, 3.05) is 5.32 Å². The Balaban J connectivity index is 1.67. The smallest absolute Gasteiger partial charge is 0.338 e. The Morgan fingerprint density at radius 2 is 1.81 bits per heavy atom. The van der Waals surface area contributed by atoms with Gasteiger partial charge in [0.05, 0.1) is 5.57 Å². The summed E-state index contributed by atoms with van der Waals surface area (Å²) < 4.78 is 7.16. The lowest BCUT2D eigenvalue weighted by atomic mass is 9.96. The summed E-state index contributed by atoms with van der Waals surface area (Å²) in [6.45, 7) is 2.04. The number of fused-ring (bicyclic) bond motifs is 1. The average molecular weight is 347 g/mol. The van der Waals surface area contributed by atoms with Crippen molar-refractivity contribution >= 4 is 11.9 Å². The van der Waals surface area contributed by atoms with Crippen molar-refractivity contribution in [1.82, 2.24) is 20.2 Å². The van der Waals surface area contributed by atoms with E-state index in [4.69, 9.17) is 4.74 Å². The highest BCUT2D eigenvalue weighted by Crippen LogP contribution is 2.34. The topological polar surface area (TPSA) is 81.9 Å².